The Kier molecular flexibility index (Phi) is 4.38. The standard InChI is InChI=1S/C13H10BrCl2NO/c14-13-10(16)2-1-3-11(13)17-7-8-6-9(15)4-5-12(8)18/h1-6,17-18H,7H2. The van der Waals surface area contributed by atoms with Gasteiger partial charge in [0.1, 0.15) is 5.75 Å². The number of phenolic OH excluding ortho intramolecular Hbond substituents is 1. The van der Waals surface area contributed by atoms with Gasteiger partial charge >= 0.3 is 0 Å². The van der Waals surface area contributed by atoms with E-state index < -0.39 is 0 Å². The van der Waals surface area contributed by atoms with Crippen LogP contribution in [0.1, 0.15) is 5.56 Å². The van der Waals surface area contributed by atoms with Gasteiger partial charge in [0, 0.05) is 17.1 Å². The predicted molar refractivity (Wildman–Crippen MR) is 79.6 cm³/mol. The monoisotopic (exact) mass is 345 g/mol. The Morgan fingerprint density at radius 2 is 1.94 bits per heavy atom. The second-order valence-electron chi connectivity index (χ2n) is 3.73. The quantitative estimate of drug-likeness (QED) is 0.812. The summed E-state index contributed by atoms with van der Waals surface area (Å²) in [6.45, 7) is 0.464. The summed E-state index contributed by atoms with van der Waals surface area (Å²) in [5.41, 5.74) is 1.59. The summed E-state index contributed by atoms with van der Waals surface area (Å²) in [4.78, 5) is 0. The highest BCUT2D eigenvalue weighted by Crippen LogP contribution is 2.31. The smallest absolute Gasteiger partial charge is 0.120 e. The molecule has 0 fully saturated rings. The van der Waals surface area contributed by atoms with Crippen molar-refractivity contribution in [2.75, 3.05) is 5.32 Å². The summed E-state index contributed by atoms with van der Waals surface area (Å²) in [5, 5.41) is 14.1. The molecule has 2 nitrogen and oxygen atoms in total. The van der Waals surface area contributed by atoms with Crippen LogP contribution in [0.2, 0.25) is 10.0 Å². The molecule has 0 atom stereocenters. The number of phenols is 1. The number of benzene rings is 2. The second kappa shape index (κ2) is 5.83. The first kappa shape index (κ1) is 13.5. The van der Waals surface area contributed by atoms with Crippen molar-refractivity contribution in [2.45, 2.75) is 6.54 Å². The Hall–Kier alpha value is -0.900. The van der Waals surface area contributed by atoms with E-state index in [1.54, 1.807) is 24.3 Å². The molecule has 2 N–H and O–H groups in total. The number of anilines is 1. The van der Waals surface area contributed by atoms with E-state index in [9.17, 15) is 5.11 Å². The van der Waals surface area contributed by atoms with Crippen LogP contribution in [0, 0.1) is 0 Å². The molecule has 5 heteroatoms. The molecule has 0 aromatic heterocycles. The third-order valence-electron chi connectivity index (χ3n) is 2.46. The van der Waals surface area contributed by atoms with Crippen molar-refractivity contribution < 1.29 is 5.11 Å². The Bertz CT molecular complexity index is 573. The van der Waals surface area contributed by atoms with Gasteiger partial charge in [-0.3, -0.25) is 0 Å². The fourth-order valence-electron chi connectivity index (χ4n) is 1.53. The molecule has 0 aliphatic heterocycles. The van der Waals surface area contributed by atoms with Gasteiger partial charge in [0.25, 0.3) is 0 Å². The van der Waals surface area contributed by atoms with Crippen LogP contribution >= 0.6 is 39.1 Å². The van der Waals surface area contributed by atoms with Crippen molar-refractivity contribution in [1.29, 1.82) is 0 Å². The molecule has 0 saturated heterocycles. The van der Waals surface area contributed by atoms with Crippen molar-refractivity contribution in [3.8, 4) is 5.75 Å². The fourth-order valence-corrected chi connectivity index (χ4v) is 2.30. The predicted octanol–water partition coefficient (Wildman–Crippen LogP) is 5.07. The van der Waals surface area contributed by atoms with E-state index in [1.165, 1.54) is 0 Å². The Labute approximate surface area is 124 Å². The fraction of sp³-hybridized carbons (Fsp3) is 0.0769. The molecule has 0 aliphatic carbocycles. The molecule has 0 aliphatic rings. The van der Waals surface area contributed by atoms with E-state index >= 15 is 0 Å². The molecule has 2 rings (SSSR count). The minimum Gasteiger partial charge on any atom is -0.508 e. The van der Waals surface area contributed by atoms with Gasteiger partial charge in [-0.2, -0.15) is 0 Å². The molecule has 0 amide bonds. The van der Waals surface area contributed by atoms with Crippen molar-refractivity contribution in [2.24, 2.45) is 0 Å². The Morgan fingerprint density at radius 3 is 2.72 bits per heavy atom. The van der Waals surface area contributed by atoms with Crippen molar-refractivity contribution in [3.05, 3.63) is 56.5 Å². The highest BCUT2D eigenvalue weighted by molar-refractivity contribution is 9.10. The highest BCUT2D eigenvalue weighted by atomic mass is 79.9. The zero-order valence-corrected chi connectivity index (χ0v) is 12.4. The minimum atomic E-state index is 0.213. The van der Waals surface area contributed by atoms with Gasteiger partial charge < -0.3 is 10.4 Å². The van der Waals surface area contributed by atoms with E-state index in [0.717, 1.165) is 15.7 Å². The van der Waals surface area contributed by atoms with Gasteiger partial charge in [-0.1, -0.05) is 29.3 Å². The molecule has 2 aromatic carbocycles. The zero-order chi connectivity index (χ0) is 13.1. The summed E-state index contributed by atoms with van der Waals surface area (Å²) in [5.74, 6) is 0.213. The number of nitrogens with one attached hydrogen (secondary N) is 1. The molecule has 0 heterocycles. The average molecular weight is 347 g/mol. The lowest BCUT2D eigenvalue weighted by atomic mass is 10.2. The van der Waals surface area contributed by atoms with Gasteiger partial charge in [0.15, 0.2) is 0 Å². The van der Waals surface area contributed by atoms with Gasteiger partial charge in [-0.15, -0.1) is 0 Å². The molecule has 0 bridgehead atoms. The van der Waals surface area contributed by atoms with E-state index in [4.69, 9.17) is 23.2 Å². The first-order valence-corrected chi connectivity index (χ1v) is 6.78. The van der Waals surface area contributed by atoms with Gasteiger partial charge in [-0.25, -0.2) is 0 Å². The van der Waals surface area contributed by atoms with Crippen LogP contribution in [0.4, 0.5) is 5.69 Å². The van der Waals surface area contributed by atoms with Gasteiger partial charge in [0.05, 0.1) is 15.2 Å². The average Bonchev–Trinajstić information content (AvgIpc) is 2.35. The lowest BCUT2D eigenvalue weighted by molar-refractivity contribution is 0.469. The lowest BCUT2D eigenvalue weighted by Gasteiger charge is -2.11. The maximum absolute atomic E-state index is 9.70. The summed E-state index contributed by atoms with van der Waals surface area (Å²) in [7, 11) is 0. The molecular weight excluding hydrogens is 337 g/mol. The molecule has 2 aromatic rings. The lowest BCUT2D eigenvalue weighted by Crippen LogP contribution is -2.00. The van der Waals surface area contributed by atoms with Crippen LogP contribution < -0.4 is 5.32 Å². The first-order chi connectivity index (χ1) is 8.58. The number of halogens is 3. The van der Waals surface area contributed by atoms with E-state index in [-0.39, 0.29) is 5.75 Å². The largest absolute Gasteiger partial charge is 0.508 e. The third-order valence-corrected chi connectivity index (χ3v) is 4.10. The highest BCUT2D eigenvalue weighted by Gasteiger charge is 2.05. The van der Waals surface area contributed by atoms with Crippen molar-refractivity contribution in [1.82, 2.24) is 0 Å². The number of aromatic hydroxyl groups is 1. The van der Waals surface area contributed by atoms with E-state index in [2.05, 4.69) is 21.2 Å². The van der Waals surface area contributed by atoms with Crippen LogP contribution in [0.5, 0.6) is 5.75 Å². The van der Waals surface area contributed by atoms with E-state index in [1.807, 2.05) is 12.1 Å². The minimum absolute atomic E-state index is 0.213. The number of hydrogen-bond donors (Lipinski definition) is 2. The van der Waals surface area contributed by atoms with Crippen LogP contribution in [0.25, 0.3) is 0 Å². The van der Waals surface area contributed by atoms with Gasteiger partial charge in [-0.05, 0) is 46.3 Å². The third kappa shape index (κ3) is 3.10. The Morgan fingerprint density at radius 1 is 1.17 bits per heavy atom. The maximum atomic E-state index is 9.70. The molecular formula is C13H10BrCl2NO. The van der Waals surface area contributed by atoms with Crippen molar-refractivity contribution in [3.63, 3.8) is 0 Å². The second-order valence-corrected chi connectivity index (χ2v) is 5.36. The molecule has 0 spiro atoms. The van der Waals surface area contributed by atoms with Crippen LogP contribution in [0.15, 0.2) is 40.9 Å². The molecule has 94 valence electrons. The molecule has 18 heavy (non-hydrogen) atoms. The molecule has 0 radical (unpaired) electrons. The summed E-state index contributed by atoms with van der Waals surface area (Å²) in [6, 6.07) is 10.5. The first-order valence-electron chi connectivity index (χ1n) is 5.23. The van der Waals surface area contributed by atoms with E-state index in [0.29, 0.717) is 16.6 Å². The van der Waals surface area contributed by atoms with Crippen molar-refractivity contribution >= 4 is 44.8 Å². The zero-order valence-electron chi connectivity index (χ0n) is 9.25. The summed E-state index contributed by atoms with van der Waals surface area (Å²) >= 11 is 15.3. The number of rotatable bonds is 3. The number of hydrogen-bond acceptors (Lipinski definition) is 2. The Balaban J connectivity index is 2.16. The van der Waals surface area contributed by atoms with Gasteiger partial charge in [0.2, 0.25) is 0 Å². The van der Waals surface area contributed by atoms with Crippen LogP contribution in [-0.2, 0) is 6.54 Å². The molecule has 0 saturated carbocycles. The SMILES string of the molecule is Oc1ccc(Cl)cc1CNc1cccc(Cl)c1Br. The molecule has 0 unspecified atom stereocenters. The maximum Gasteiger partial charge on any atom is 0.120 e. The van der Waals surface area contributed by atoms with Crippen LogP contribution in [-0.4, -0.2) is 5.11 Å². The normalized spacial score (nSPS) is 10.4. The topological polar surface area (TPSA) is 32.3 Å². The summed E-state index contributed by atoms with van der Waals surface area (Å²) in [6.07, 6.45) is 0. The van der Waals surface area contributed by atoms with Crippen LogP contribution in [0.3, 0.4) is 0 Å². The summed E-state index contributed by atoms with van der Waals surface area (Å²) < 4.78 is 0.799.